The van der Waals surface area contributed by atoms with Crippen LogP contribution in [0.4, 0.5) is 11.6 Å². The van der Waals surface area contributed by atoms with E-state index in [0.717, 1.165) is 30.3 Å². The van der Waals surface area contributed by atoms with Crippen LogP contribution < -0.4 is 9.80 Å². The standard InChI is InChI=1S/C16H25N5/c1-4-14-15(19(2)3)17-12-18-16(14)21-10-13(11-21)20-8-6-5-7-9-20/h4,12-13H,1,5-11H2,2-3H3. The van der Waals surface area contributed by atoms with Gasteiger partial charge in [0, 0.05) is 33.2 Å². The van der Waals surface area contributed by atoms with Crippen molar-refractivity contribution in [2.75, 3.05) is 50.1 Å². The Hall–Kier alpha value is -1.62. The maximum absolute atomic E-state index is 4.49. The van der Waals surface area contributed by atoms with E-state index in [0.29, 0.717) is 6.04 Å². The zero-order valence-electron chi connectivity index (χ0n) is 13.1. The molecule has 0 saturated carbocycles. The highest BCUT2D eigenvalue weighted by atomic mass is 15.3. The van der Waals surface area contributed by atoms with Crippen molar-refractivity contribution in [2.45, 2.75) is 25.3 Å². The van der Waals surface area contributed by atoms with Gasteiger partial charge in [-0.2, -0.15) is 0 Å². The van der Waals surface area contributed by atoms with Crippen molar-refractivity contribution in [3.8, 4) is 0 Å². The molecule has 0 unspecified atom stereocenters. The smallest absolute Gasteiger partial charge is 0.141 e. The molecule has 5 nitrogen and oxygen atoms in total. The summed E-state index contributed by atoms with van der Waals surface area (Å²) in [5, 5.41) is 0. The molecule has 21 heavy (non-hydrogen) atoms. The van der Waals surface area contributed by atoms with Crippen molar-refractivity contribution in [3.05, 3.63) is 18.5 Å². The monoisotopic (exact) mass is 287 g/mol. The maximum Gasteiger partial charge on any atom is 0.141 e. The summed E-state index contributed by atoms with van der Waals surface area (Å²) in [5.74, 6) is 1.97. The van der Waals surface area contributed by atoms with E-state index >= 15 is 0 Å². The summed E-state index contributed by atoms with van der Waals surface area (Å²) in [6.07, 6.45) is 7.63. The Bertz CT molecular complexity index is 501. The fourth-order valence-corrected chi connectivity index (χ4v) is 3.31. The van der Waals surface area contributed by atoms with E-state index in [2.05, 4.69) is 26.3 Å². The average Bonchev–Trinajstić information content (AvgIpc) is 2.46. The predicted molar refractivity (Wildman–Crippen MR) is 87.9 cm³/mol. The molecule has 5 heteroatoms. The summed E-state index contributed by atoms with van der Waals surface area (Å²) in [4.78, 5) is 15.9. The van der Waals surface area contributed by atoms with Crippen LogP contribution in [-0.4, -0.2) is 61.2 Å². The Morgan fingerprint density at radius 2 is 1.90 bits per heavy atom. The minimum absolute atomic E-state index is 0.695. The van der Waals surface area contributed by atoms with E-state index < -0.39 is 0 Å². The third-order valence-corrected chi connectivity index (χ3v) is 4.54. The fourth-order valence-electron chi connectivity index (χ4n) is 3.31. The van der Waals surface area contributed by atoms with Gasteiger partial charge >= 0.3 is 0 Å². The lowest BCUT2D eigenvalue weighted by Crippen LogP contribution is -2.60. The van der Waals surface area contributed by atoms with Gasteiger partial charge in [0.25, 0.3) is 0 Å². The molecule has 0 aliphatic carbocycles. The Labute approximate surface area is 127 Å². The largest absolute Gasteiger partial charge is 0.362 e. The van der Waals surface area contributed by atoms with Crippen LogP contribution in [0.3, 0.4) is 0 Å². The van der Waals surface area contributed by atoms with Crippen LogP contribution in [0.5, 0.6) is 0 Å². The Balaban J connectivity index is 1.71. The minimum Gasteiger partial charge on any atom is -0.362 e. The van der Waals surface area contributed by atoms with E-state index in [1.807, 2.05) is 25.1 Å². The fraction of sp³-hybridized carbons (Fsp3) is 0.625. The molecule has 0 amide bonds. The molecule has 0 radical (unpaired) electrons. The van der Waals surface area contributed by atoms with Crippen molar-refractivity contribution in [2.24, 2.45) is 0 Å². The molecule has 0 aromatic carbocycles. The van der Waals surface area contributed by atoms with Crippen LogP contribution in [0.25, 0.3) is 6.08 Å². The topological polar surface area (TPSA) is 35.5 Å². The van der Waals surface area contributed by atoms with E-state index in [1.54, 1.807) is 6.33 Å². The maximum atomic E-state index is 4.49. The Morgan fingerprint density at radius 3 is 2.52 bits per heavy atom. The second-order valence-corrected chi connectivity index (χ2v) is 6.19. The highest BCUT2D eigenvalue weighted by Crippen LogP contribution is 2.31. The zero-order valence-corrected chi connectivity index (χ0v) is 13.1. The molecule has 1 aromatic rings. The van der Waals surface area contributed by atoms with Crippen LogP contribution in [0, 0.1) is 0 Å². The highest BCUT2D eigenvalue weighted by molar-refractivity contribution is 5.73. The van der Waals surface area contributed by atoms with Gasteiger partial charge in [-0.15, -0.1) is 0 Å². The van der Waals surface area contributed by atoms with Crippen molar-refractivity contribution < 1.29 is 0 Å². The molecule has 2 aliphatic heterocycles. The van der Waals surface area contributed by atoms with Crippen LogP contribution in [0.2, 0.25) is 0 Å². The van der Waals surface area contributed by atoms with E-state index in [4.69, 9.17) is 0 Å². The summed E-state index contributed by atoms with van der Waals surface area (Å²) in [6.45, 7) is 8.62. The van der Waals surface area contributed by atoms with Gasteiger partial charge in [0.1, 0.15) is 18.0 Å². The van der Waals surface area contributed by atoms with Gasteiger partial charge in [-0.25, -0.2) is 9.97 Å². The molecule has 0 atom stereocenters. The zero-order chi connectivity index (χ0) is 14.8. The Morgan fingerprint density at radius 1 is 1.19 bits per heavy atom. The SMILES string of the molecule is C=Cc1c(N(C)C)ncnc1N1CC(N2CCCCC2)C1. The third-order valence-electron chi connectivity index (χ3n) is 4.54. The summed E-state index contributed by atoms with van der Waals surface area (Å²) in [6, 6.07) is 0.695. The van der Waals surface area contributed by atoms with Crippen molar-refractivity contribution in [1.29, 1.82) is 0 Å². The summed E-state index contributed by atoms with van der Waals surface area (Å²) in [5.41, 5.74) is 1.04. The quantitative estimate of drug-likeness (QED) is 0.844. The summed E-state index contributed by atoms with van der Waals surface area (Å²) < 4.78 is 0. The second-order valence-electron chi connectivity index (χ2n) is 6.19. The van der Waals surface area contributed by atoms with Crippen molar-refractivity contribution >= 4 is 17.7 Å². The molecule has 114 valence electrons. The van der Waals surface area contributed by atoms with Gasteiger partial charge in [0.05, 0.1) is 5.56 Å². The average molecular weight is 287 g/mol. The molecule has 1 aromatic heterocycles. The first-order valence-electron chi connectivity index (χ1n) is 7.84. The van der Waals surface area contributed by atoms with Gasteiger partial charge < -0.3 is 9.80 Å². The van der Waals surface area contributed by atoms with Gasteiger partial charge in [-0.1, -0.05) is 19.1 Å². The number of hydrogen-bond acceptors (Lipinski definition) is 5. The number of rotatable bonds is 4. The molecule has 0 N–H and O–H groups in total. The number of nitrogens with zero attached hydrogens (tertiary/aromatic N) is 5. The molecular weight excluding hydrogens is 262 g/mol. The van der Waals surface area contributed by atoms with Crippen molar-refractivity contribution in [3.63, 3.8) is 0 Å². The Kier molecular flexibility index (Phi) is 4.10. The summed E-state index contributed by atoms with van der Waals surface area (Å²) >= 11 is 0. The van der Waals surface area contributed by atoms with E-state index in [-0.39, 0.29) is 0 Å². The number of anilines is 2. The lowest BCUT2D eigenvalue weighted by Gasteiger charge is -2.47. The van der Waals surface area contributed by atoms with Gasteiger partial charge in [0.2, 0.25) is 0 Å². The molecule has 2 aliphatic rings. The lowest BCUT2D eigenvalue weighted by atomic mass is 10.0. The second kappa shape index (κ2) is 6.02. The minimum atomic E-state index is 0.695. The normalized spacial score (nSPS) is 20.2. The van der Waals surface area contributed by atoms with E-state index in [9.17, 15) is 0 Å². The first kappa shape index (κ1) is 14.3. The molecular formula is C16H25N5. The molecule has 3 rings (SSSR count). The van der Waals surface area contributed by atoms with Gasteiger partial charge in [0.15, 0.2) is 0 Å². The first-order valence-corrected chi connectivity index (χ1v) is 7.84. The lowest BCUT2D eigenvalue weighted by molar-refractivity contribution is 0.138. The molecule has 3 heterocycles. The van der Waals surface area contributed by atoms with Crippen LogP contribution in [-0.2, 0) is 0 Å². The number of aromatic nitrogens is 2. The van der Waals surface area contributed by atoms with Gasteiger partial charge in [-0.3, -0.25) is 4.90 Å². The van der Waals surface area contributed by atoms with Crippen LogP contribution in [0.15, 0.2) is 12.9 Å². The molecule has 2 fully saturated rings. The molecule has 2 saturated heterocycles. The van der Waals surface area contributed by atoms with Crippen LogP contribution >= 0.6 is 0 Å². The summed E-state index contributed by atoms with van der Waals surface area (Å²) in [7, 11) is 4.01. The number of likely N-dealkylation sites (tertiary alicyclic amines) is 1. The number of piperidine rings is 1. The van der Waals surface area contributed by atoms with E-state index in [1.165, 1.54) is 32.4 Å². The molecule has 0 spiro atoms. The molecule has 0 bridgehead atoms. The highest BCUT2D eigenvalue weighted by Gasteiger charge is 2.34. The first-order chi connectivity index (χ1) is 10.2. The van der Waals surface area contributed by atoms with Crippen LogP contribution in [0.1, 0.15) is 24.8 Å². The third kappa shape index (κ3) is 2.75. The number of hydrogen-bond donors (Lipinski definition) is 0. The van der Waals surface area contributed by atoms with Gasteiger partial charge in [-0.05, 0) is 25.9 Å². The predicted octanol–water partition coefficient (Wildman–Crippen LogP) is 1.86. The van der Waals surface area contributed by atoms with Crippen molar-refractivity contribution in [1.82, 2.24) is 14.9 Å².